The molecule has 18 heavy (non-hydrogen) atoms. The Bertz CT molecular complexity index is 221. The molecule has 0 N–H and O–H groups in total. The average molecular weight is 321 g/mol. The van der Waals surface area contributed by atoms with E-state index in [9.17, 15) is 4.79 Å². The van der Waals surface area contributed by atoms with E-state index in [-0.39, 0.29) is 16.4 Å². The molecule has 0 aromatic carbocycles. The largest absolute Gasteiger partial charge is 0.459 e. The monoisotopic (exact) mass is 320 g/mol. The SMILES string of the molecule is CCCCCCCCC[C@@H](Br)C(=O)OC(C)(C)C. The van der Waals surface area contributed by atoms with E-state index in [1.54, 1.807) is 0 Å². The molecule has 0 heterocycles. The Balaban J connectivity index is 3.52. The zero-order valence-electron chi connectivity index (χ0n) is 12.4. The lowest BCUT2D eigenvalue weighted by atomic mass is 10.1. The van der Waals surface area contributed by atoms with Gasteiger partial charge >= 0.3 is 5.97 Å². The number of halogens is 1. The Kier molecular flexibility index (Phi) is 9.80. The Morgan fingerprint density at radius 3 is 2.06 bits per heavy atom. The maximum absolute atomic E-state index is 11.7. The zero-order valence-corrected chi connectivity index (χ0v) is 14.0. The lowest BCUT2D eigenvalue weighted by Gasteiger charge is -2.21. The second-order valence-electron chi connectivity index (χ2n) is 5.91. The van der Waals surface area contributed by atoms with Crippen molar-refractivity contribution in [2.75, 3.05) is 0 Å². The first kappa shape index (κ1) is 17.9. The molecule has 0 spiro atoms. The van der Waals surface area contributed by atoms with Crippen molar-refractivity contribution in [1.82, 2.24) is 0 Å². The van der Waals surface area contributed by atoms with Crippen molar-refractivity contribution in [3.05, 3.63) is 0 Å². The molecule has 0 unspecified atom stereocenters. The summed E-state index contributed by atoms with van der Waals surface area (Å²) in [6, 6.07) is 0. The Morgan fingerprint density at radius 1 is 1.06 bits per heavy atom. The molecule has 0 aliphatic heterocycles. The fourth-order valence-corrected chi connectivity index (χ4v) is 2.18. The number of hydrogen-bond acceptors (Lipinski definition) is 2. The molecule has 3 heteroatoms. The number of hydrogen-bond donors (Lipinski definition) is 0. The Labute approximate surface area is 121 Å². The van der Waals surface area contributed by atoms with Crippen LogP contribution in [0.4, 0.5) is 0 Å². The molecular weight excluding hydrogens is 292 g/mol. The van der Waals surface area contributed by atoms with Crippen LogP contribution in [0.2, 0.25) is 0 Å². The summed E-state index contributed by atoms with van der Waals surface area (Å²) in [6.45, 7) is 7.94. The lowest BCUT2D eigenvalue weighted by Crippen LogP contribution is -2.28. The van der Waals surface area contributed by atoms with Gasteiger partial charge in [0.15, 0.2) is 0 Å². The van der Waals surface area contributed by atoms with Gasteiger partial charge in [0.25, 0.3) is 0 Å². The summed E-state index contributed by atoms with van der Waals surface area (Å²) in [4.78, 5) is 11.5. The number of ether oxygens (including phenoxy) is 1. The van der Waals surface area contributed by atoms with E-state index in [0.717, 1.165) is 12.8 Å². The summed E-state index contributed by atoms with van der Waals surface area (Å²) in [5.41, 5.74) is -0.386. The summed E-state index contributed by atoms with van der Waals surface area (Å²) in [5, 5.41) is 0. The molecule has 0 rings (SSSR count). The predicted octanol–water partition coefficient (Wildman–Crippen LogP) is 5.23. The third-order valence-electron chi connectivity index (χ3n) is 2.72. The topological polar surface area (TPSA) is 26.3 Å². The summed E-state index contributed by atoms with van der Waals surface area (Å²) in [6.07, 6.45) is 9.79. The average Bonchev–Trinajstić information content (AvgIpc) is 2.25. The second kappa shape index (κ2) is 9.82. The molecule has 108 valence electrons. The van der Waals surface area contributed by atoms with Gasteiger partial charge in [0.1, 0.15) is 10.4 Å². The molecule has 0 aromatic heterocycles. The Hall–Kier alpha value is -0.0500. The predicted molar refractivity (Wildman–Crippen MR) is 81.2 cm³/mol. The molecule has 2 nitrogen and oxygen atoms in total. The molecule has 1 atom stereocenters. The van der Waals surface area contributed by atoms with Gasteiger partial charge < -0.3 is 4.74 Å². The highest BCUT2D eigenvalue weighted by atomic mass is 79.9. The highest BCUT2D eigenvalue weighted by molar-refractivity contribution is 9.10. The minimum Gasteiger partial charge on any atom is -0.459 e. The molecule has 0 bridgehead atoms. The minimum atomic E-state index is -0.386. The highest BCUT2D eigenvalue weighted by Gasteiger charge is 2.22. The van der Waals surface area contributed by atoms with E-state index in [0.29, 0.717) is 0 Å². The maximum atomic E-state index is 11.7. The second-order valence-corrected chi connectivity index (χ2v) is 7.02. The van der Waals surface area contributed by atoms with Crippen LogP contribution >= 0.6 is 15.9 Å². The standard InChI is InChI=1S/C15H29BrO2/c1-5-6-7-8-9-10-11-12-13(16)14(17)18-15(2,3)4/h13H,5-12H2,1-4H3/t13-/m1/s1. The number of esters is 1. The molecule has 0 radical (unpaired) electrons. The molecule has 0 amide bonds. The van der Waals surface area contributed by atoms with Crippen LogP contribution in [0.3, 0.4) is 0 Å². The van der Waals surface area contributed by atoms with Gasteiger partial charge in [0, 0.05) is 0 Å². The number of alkyl halides is 1. The van der Waals surface area contributed by atoms with Crippen molar-refractivity contribution in [1.29, 1.82) is 0 Å². The Morgan fingerprint density at radius 2 is 1.56 bits per heavy atom. The van der Waals surface area contributed by atoms with Crippen molar-refractivity contribution in [2.24, 2.45) is 0 Å². The summed E-state index contributed by atoms with van der Waals surface area (Å²) >= 11 is 3.42. The first-order valence-electron chi connectivity index (χ1n) is 7.23. The van der Waals surface area contributed by atoms with E-state index in [2.05, 4.69) is 22.9 Å². The van der Waals surface area contributed by atoms with Crippen LogP contribution in [0.25, 0.3) is 0 Å². The van der Waals surface area contributed by atoms with Gasteiger partial charge in [0.2, 0.25) is 0 Å². The summed E-state index contributed by atoms with van der Waals surface area (Å²) in [5.74, 6) is -0.131. The molecule has 0 saturated heterocycles. The minimum absolute atomic E-state index is 0.131. The van der Waals surface area contributed by atoms with Gasteiger partial charge in [-0.15, -0.1) is 0 Å². The van der Waals surface area contributed by atoms with E-state index >= 15 is 0 Å². The van der Waals surface area contributed by atoms with Crippen LogP contribution < -0.4 is 0 Å². The van der Waals surface area contributed by atoms with Crippen molar-refractivity contribution in [3.8, 4) is 0 Å². The van der Waals surface area contributed by atoms with Crippen LogP contribution in [0, 0.1) is 0 Å². The van der Waals surface area contributed by atoms with Crippen LogP contribution in [0.5, 0.6) is 0 Å². The first-order chi connectivity index (χ1) is 8.37. The third-order valence-corrected chi connectivity index (χ3v) is 3.56. The van der Waals surface area contributed by atoms with Crippen molar-refractivity contribution in [3.63, 3.8) is 0 Å². The molecule has 0 aromatic rings. The smallest absolute Gasteiger partial charge is 0.320 e. The van der Waals surface area contributed by atoms with Crippen molar-refractivity contribution >= 4 is 21.9 Å². The number of carbonyl (C=O) groups is 1. The van der Waals surface area contributed by atoms with Crippen LogP contribution in [-0.4, -0.2) is 16.4 Å². The van der Waals surface area contributed by atoms with E-state index in [1.165, 1.54) is 38.5 Å². The zero-order chi connectivity index (χ0) is 14.0. The van der Waals surface area contributed by atoms with E-state index in [1.807, 2.05) is 20.8 Å². The maximum Gasteiger partial charge on any atom is 0.320 e. The van der Waals surface area contributed by atoms with Crippen LogP contribution in [-0.2, 0) is 9.53 Å². The van der Waals surface area contributed by atoms with E-state index in [4.69, 9.17) is 4.74 Å². The molecule has 0 aliphatic rings. The van der Waals surface area contributed by atoms with Crippen LogP contribution in [0.1, 0.15) is 79.1 Å². The summed E-state index contributed by atoms with van der Waals surface area (Å²) < 4.78 is 5.32. The van der Waals surface area contributed by atoms with Gasteiger partial charge in [0.05, 0.1) is 0 Å². The van der Waals surface area contributed by atoms with E-state index < -0.39 is 0 Å². The number of unbranched alkanes of at least 4 members (excludes halogenated alkanes) is 6. The number of rotatable bonds is 9. The molecular formula is C15H29BrO2. The lowest BCUT2D eigenvalue weighted by molar-refractivity contribution is -0.154. The van der Waals surface area contributed by atoms with Gasteiger partial charge in [-0.2, -0.15) is 0 Å². The normalized spacial score (nSPS) is 13.4. The molecule has 0 saturated carbocycles. The number of carbonyl (C=O) groups excluding carboxylic acids is 1. The quantitative estimate of drug-likeness (QED) is 0.330. The molecule has 0 aliphatic carbocycles. The van der Waals surface area contributed by atoms with Crippen molar-refractivity contribution < 1.29 is 9.53 Å². The van der Waals surface area contributed by atoms with Gasteiger partial charge in [-0.05, 0) is 27.2 Å². The third kappa shape index (κ3) is 11.1. The first-order valence-corrected chi connectivity index (χ1v) is 8.15. The van der Waals surface area contributed by atoms with Crippen LogP contribution in [0.15, 0.2) is 0 Å². The van der Waals surface area contributed by atoms with Crippen molar-refractivity contribution in [2.45, 2.75) is 89.5 Å². The van der Waals surface area contributed by atoms with Gasteiger partial charge in [-0.25, -0.2) is 0 Å². The fraction of sp³-hybridized carbons (Fsp3) is 0.933. The fourth-order valence-electron chi connectivity index (χ4n) is 1.76. The summed E-state index contributed by atoms with van der Waals surface area (Å²) in [7, 11) is 0. The van der Waals surface area contributed by atoms with Gasteiger partial charge in [-0.3, -0.25) is 4.79 Å². The molecule has 0 fully saturated rings. The van der Waals surface area contributed by atoms with Gasteiger partial charge in [-0.1, -0.05) is 67.8 Å². The highest BCUT2D eigenvalue weighted by Crippen LogP contribution is 2.18.